The van der Waals surface area contributed by atoms with E-state index in [1.54, 1.807) is 0 Å². The lowest BCUT2D eigenvalue weighted by atomic mass is 9.41. The molecular formula is C20H30O4. The number of carbonyl (C=O) groups is 2. The maximum Gasteiger partial charge on any atom is 0.306 e. The molecule has 4 saturated carbocycles. The summed E-state index contributed by atoms with van der Waals surface area (Å²) in [5.74, 6) is 0.573. The number of Topliss-reactive ketones (excluding diaryl/α,β-unsaturated/α-hetero) is 1. The van der Waals surface area contributed by atoms with Crippen LogP contribution in [0.15, 0.2) is 0 Å². The smallest absolute Gasteiger partial charge is 0.306 e. The minimum atomic E-state index is -0.608. The second-order valence-electron chi connectivity index (χ2n) is 9.70. The zero-order valence-corrected chi connectivity index (χ0v) is 14.9. The van der Waals surface area contributed by atoms with E-state index < -0.39 is 11.4 Å². The molecule has 4 rings (SSSR count). The third kappa shape index (κ3) is 1.89. The predicted molar refractivity (Wildman–Crippen MR) is 89.3 cm³/mol. The molecule has 0 radical (unpaired) electrons. The number of carboxylic acid groups (broad SMARTS) is 1. The summed E-state index contributed by atoms with van der Waals surface area (Å²) in [6.45, 7) is 4.26. The highest BCUT2D eigenvalue weighted by Crippen LogP contribution is 2.71. The van der Waals surface area contributed by atoms with Crippen LogP contribution in [0.1, 0.15) is 65.2 Å². The van der Waals surface area contributed by atoms with Crippen molar-refractivity contribution in [3.63, 3.8) is 0 Å². The number of aliphatic hydroxyl groups is 1. The number of aliphatic carboxylic acids is 1. The Balaban J connectivity index is 1.71. The van der Waals surface area contributed by atoms with Crippen molar-refractivity contribution in [2.45, 2.75) is 65.2 Å². The molecule has 134 valence electrons. The van der Waals surface area contributed by atoms with Gasteiger partial charge in [0.25, 0.3) is 0 Å². The van der Waals surface area contributed by atoms with Crippen molar-refractivity contribution in [1.82, 2.24) is 0 Å². The van der Waals surface area contributed by atoms with Gasteiger partial charge in [-0.2, -0.15) is 0 Å². The minimum Gasteiger partial charge on any atom is -0.481 e. The molecule has 7 atom stereocenters. The van der Waals surface area contributed by atoms with Gasteiger partial charge < -0.3 is 10.2 Å². The van der Waals surface area contributed by atoms with Crippen molar-refractivity contribution in [2.75, 3.05) is 6.61 Å². The van der Waals surface area contributed by atoms with E-state index in [1.165, 1.54) is 0 Å². The van der Waals surface area contributed by atoms with Gasteiger partial charge in [0.2, 0.25) is 0 Å². The van der Waals surface area contributed by atoms with Crippen molar-refractivity contribution < 1.29 is 19.8 Å². The fourth-order valence-corrected chi connectivity index (χ4v) is 7.78. The fourth-order valence-electron chi connectivity index (χ4n) is 7.78. The van der Waals surface area contributed by atoms with E-state index in [9.17, 15) is 19.8 Å². The van der Waals surface area contributed by atoms with Crippen LogP contribution in [0.4, 0.5) is 0 Å². The summed E-state index contributed by atoms with van der Waals surface area (Å²) in [6, 6.07) is 0. The first-order chi connectivity index (χ1) is 11.3. The van der Waals surface area contributed by atoms with Crippen LogP contribution >= 0.6 is 0 Å². The van der Waals surface area contributed by atoms with Crippen molar-refractivity contribution in [1.29, 1.82) is 0 Å². The van der Waals surface area contributed by atoms with Crippen molar-refractivity contribution >= 4 is 11.8 Å². The van der Waals surface area contributed by atoms with E-state index in [0.717, 1.165) is 44.9 Å². The van der Waals surface area contributed by atoms with Gasteiger partial charge in [0, 0.05) is 6.42 Å². The molecule has 4 fully saturated rings. The molecule has 2 bridgehead atoms. The summed E-state index contributed by atoms with van der Waals surface area (Å²) in [5.41, 5.74) is -0.355. The summed E-state index contributed by atoms with van der Waals surface area (Å²) in [5, 5.41) is 19.6. The standard InChI is InChI=1S/C20H30O4/c1-18-7-6-16(22)19(2,11-21)14(18)5-8-20-9-12(3-4-15(18)20)13(10-20)17(23)24/h12-15,21H,3-11H2,1-2H3,(H,23,24)/t12-,13+,14+,15+,18+,19-,20+/m0/s1. The van der Waals surface area contributed by atoms with Crippen LogP contribution in [0.3, 0.4) is 0 Å². The highest BCUT2D eigenvalue weighted by Gasteiger charge is 2.66. The van der Waals surface area contributed by atoms with Crippen LogP contribution in [0, 0.1) is 39.9 Å². The third-order valence-corrected chi connectivity index (χ3v) is 8.89. The average molecular weight is 334 g/mol. The van der Waals surface area contributed by atoms with Crippen LogP contribution in [0.25, 0.3) is 0 Å². The first-order valence-electron chi connectivity index (χ1n) is 9.64. The quantitative estimate of drug-likeness (QED) is 0.813. The summed E-state index contributed by atoms with van der Waals surface area (Å²) in [4.78, 5) is 24.3. The molecule has 4 nitrogen and oxygen atoms in total. The molecule has 4 heteroatoms. The van der Waals surface area contributed by atoms with Gasteiger partial charge in [0.1, 0.15) is 5.78 Å². The molecule has 0 amide bonds. The van der Waals surface area contributed by atoms with Crippen LogP contribution in [0.5, 0.6) is 0 Å². The number of fused-ring (bicyclic) bond motifs is 3. The van der Waals surface area contributed by atoms with E-state index in [0.29, 0.717) is 18.3 Å². The molecule has 0 aromatic carbocycles. The van der Waals surface area contributed by atoms with Crippen LogP contribution < -0.4 is 0 Å². The molecule has 2 N–H and O–H groups in total. The van der Waals surface area contributed by atoms with Gasteiger partial charge in [-0.05, 0) is 73.5 Å². The van der Waals surface area contributed by atoms with E-state index in [1.807, 2.05) is 6.92 Å². The molecular weight excluding hydrogens is 304 g/mol. The van der Waals surface area contributed by atoms with E-state index in [2.05, 4.69) is 6.92 Å². The molecule has 1 spiro atoms. The fraction of sp³-hybridized carbons (Fsp3) is 0.900. The van der Waals surface area contributed by atoms with E-state index in [-0.39, 0.29) is 35.1 Å². The van der Waals surface area contributed by atoms with Gasteiger partial charge in [-0.1, -0.05) is 13.8 Å². The number of ketones is 1. The number of aliphatic hydroxyl groups excluding tert-OH is 1. The number of hydrogen-bond acceptors (Lipinski definition) is 3. The molecule has 24 heavy (non-hydrogen) atoms. The molecule has 0 unspecified atom stereocenters. The highest BCUT2D eigenvalue weighted by atomic mass is 16.4. The van der Waals surface area contributed by atoms with Crippen molar-refractivity contribution in [3.05, 3.63) is 0 Å². The maximum atomic E-state index is 12.6. The Morgan fingerprint density at radius 1 is 1.12 bits per heavy atom. The van der Waals surface area contributed by atoms with Gasteiger partial charge in [-0.3, -0.25) is 9.59 Å². The van der Waals surface area contributed by atoms with Crippen molar-refractivity contribution in [2.24, 2.45) is 39.9 Å². The second kappa shape index (κ2) is 5.06. The number of hydrogen-bond donors (Lipinski definition) is 2. The van der Waals surface area contributed by atoms with Gasteiger partial charge in [-0.25, -0.2) is 0 Å². The lowest BCUT2D eigenvalue weighted by molar-refractivity contribution is -0.173. The lowest BCUT2D eigenvalue weighted by Gasteiger charge is -2.63. The average Bonchev–Trinajstić information content (AvgIpc) is 2.82. The SMILES string of the molecule is C[C@@]12CCC(=O)[C@@](C)(CO)[C@@H]1CC[C@]13C[C@H](CC[C@@H]12)[C@H](C(=O)O)C3. The Morgan fingerprint density at radius 2 is 1.88 bits per heavy atom. The van der Waals surface area contributed by atoms with Gasteiger partial charge >= 0.3 is 5.97 Å². The summed E-state index contributed by atoms with van der Waals surface area (Å²) < 4.78 is 0. The molecule has 0 aromatic rings. The topological polar surface area (TPSA) is 74.6 Å². The Morgan fingerprint density at radius 3 is 2.54 bits per heavy atom. The van der Waals surface area contributed by atoms with Gasteiger partial charge in [-0.15, -0.1) is 0 Å². The number of carbonyl (C=O) groups excluding carboxylic acids is 1. The van der Waals surface area contributed by atoms with Crippen LogP contribution in [0.2, 0.25) is 0 Å². The van der Waals surface area contributed by atoms with Crippen molar-refractivity contribution in [3.8, 4) is 0 Å². The molecule has 0 aliphatic heterocycles. The Kier molecular flexibility index (Phi) is 3.49. The maximum absolute atomic E-state index is 12.6. The van der Waals surface area contributed by atoms with E-state index >= 15 is 0 Å². The summed E-state index contributed by atoms with van der Waals surface area (Å²) in [7, 11) is 0. The second-order valence-corrected chi connectivity index (χ2v) is 9.70. The zero-order valence-electron chi connectivity index (χ0n) is 14.9. The van der Waals surface area contributed by atoms with E-state index in [4.69, 9.17) is 0 Å². The Bertz CT molecular complexity index is 586. The largest absolute Gasteiger partial charge is 0.481 e. The first-order valence-corrected chi connectivity index (χ1v) is 9.64. The van der Waals surface area contributed by atoms with Crippen LogP contribution in [-0.2, 0) is 9.59 Å². The zero-order chi connectivity index (χ0) is 17.3. The molecule has 0 saturated heterocycles. The lowest BCUT2D eigenvalue weighted by Crippen LogP contribution is -2.60. The normalized spacial score (nSPS) is 53.4. The first kappa shape index (κ1) is 16.6. The Labute approximate surface area is 144 Å². The third-order valence-electron chi connectivity index (χ3n) is 8.89. The van der Waals surface area contributed by atoms with Crippen LogP contribution in [-0.4, -0.2) is 28.6 Å². The molecule has 4 aliphatic rings. The summed E-state index contributed by atoms with van der Waals surface area (Å²) in [6.07, 6.45) is 7.54. The minimum absolute atomic E-state index is 0.0494. The number of carboxylic acids is 1. The molecule has 0 aromatic heterocycles. The monoisotopic (exact) mass is 334 g/mol. The Hall–Kier alpha value is -0.900. The molecule has 4 aliphatic carbocycles. The predicted octanol–water partition coefficient (Wildman–Crippen LogP) is 3.27. The highest BCUT2D eigenvalue weighted by molar-refractivity contribution is 5.86. The molecule has 0 heterocycles. The van der Waals surface area contributed by atoms with Gasteiger partial charge in [0.05, 0.1) is 17.9 Å². The summed E-state index contributed by atoms with van der Waals surface area (Å²) >= 11 is 0. The number of rotatable bonds is 2. The van der Waals surface area contributed by atoms with Gasteiger partial charge in [0.15, 0.2) is 0 Å².